The van der Waals surface area contributed by atoms with Crippen molar-refractivity contribution in [2.75, 3.05) is 13.1 Å². The lowest BCUT2D eigenvalue weighted by Crippen LogP contribution is -2.54. The maximum atomic E-state index is 12.0. The summed E-state index contributed by atoms with van der Waals surface area (Å²) >= 11 is 0. The van der Waals surface area contributed by atoms with Gasteiger partial charge in [0.25, 0.3) is 5.56 Å². The average molecular weight is 281 g/mol. The summed E-state index contributed by atoms with van der Waals surface area (Å²) in [6.07, 6.45) is 5.37. The molecule has 0 N–H and O–H groups in total. The number of pyridine rings is 1. The number of aromatic nitrogens is 1. The van der Waals surface area contributed by atoms with Crippen molar-refractivity contribution < 1.29 is 0 Å². The smallest absolute Gasteiger partial charge is 0.250 e. The minimum absolute atomic E-state index is 0. The molecule has 2 bridgehead atoms. The van der Waals surface area contributed by atoms with Crippen LogP contribution in [0, 0.1) is 5.92 Å². The maximum absolute atomic E-state index is 12.0. The van der Waals surface area contributed by atoms with Crippen molar-refractivity contribution in [3.8, 4) is 0 Å². The zero-order valence-electron chi connectivity index (χ0n) is 11.1. The first-order valence-electron chi connectivity index (χ1n) is 7.27. The third-order valence-corrected chi connectivity index (χ3v) is 5.17. The van der Waals surface area contributed by atoms with Crippen LogP contribution in [0.5, 0.6) is 0 Å². The molecule has 1 aromatic rings. The Morgan fingerprint density at radius 1 is 1.16 bits per heavy atom. The molecule has 0 unspecified atom stereocenters. The Hall–Kier alpha value is -0.800. The van der Waals surface area contributed by atoms with E-state index in [2.05, 4.69) is 11.0 Å². The van der Waals surface area contributed by atoms with Crippen LogP contribution < -0.4 is 5.56 Å². The molecule has 2 fully saturated rings. The molecule has 0 aromatic carbocycles. The van der Waals surface area contributed by atoms with E-state index in [4.69, 9.17) is 0 Å². The molecule has 0 radical (unpaired) electrons. The second-order valence-electron chi connectivity index (χ2n) is 6.15. The Morgan fingerprint density at radius 3 is 2.95 bits per heavy atom. The van der Waals surface area contributed by atoms with E-state index in [9.17, 15) is 4.79 Å². The number of hydrogen-bond acceptors (Lipinski definition) is 2. The highest BCUT2D eigenvalue weighted by Gasteiger charge is 2.41. The second-order valence-corrected chi connectivity index (χ2v) is 6.15. The summed E-state index contributed by atoms with van der Waals surface area (Å²) in [5.74, 6) is 1.30. The van der Waals surface area contributed by atoms with Gasteiger partial charge < -0.3 is 4.57 Å². The fourth-order valence-electron chi connectivity index (χ4n) is 4.39. The van der Waals surface area contributed by atoms with Crippen LogP contribution in [0.1, 0.15) is 37.3 Å². The van der Waals surface area contributed by atoms with Gasteiger partial charge in [-0.2, -0.15) is 0 Å². The van der Waals surface area contributed by atoms with Crippen molar-refractivity contribution in [2.24, 2.45) is 5.92 Å². The lowest BCUT2D eigenvalue weighted by atomic mass is 9.75. The summed E-state index contributed by atoms with van der Waals surface area (Å²) in [6, 6.07) is 6.54. The number of rotatable bonds is 0. The van der Waals surface area contributed by atoms with Crippen molar-refractivity contribution in [1.29, 1.82) is 0 Å². The van der Waals surface area contributed by atoms with Gasteiger partial charge >= 0.3 is 0 Å². The largest absolute Gasteiger partial charge is 0.312 e. The van der Waals surface area contributed by atoms with Gasteiger partial charge in [0, 0.05) is 36.8 Å². The normalized spacial score (nSPS) is 32.9. The van der Waals surface area contributed by atoms with Gasteiger partial charge in [0.15, 0.2) is 0 Å². The lowest BCUT2D eigenvalue weighted by Gasteiger charge is -2.50. The van der Waals surface area contributed by atoms with Crippen LogP contribution in [0.25, 0.3) is 0 Å². The molecule has 3 nitrogen and oxygen atoms in total. The van der Waals surface area contributed by atoms with Crippen molar-refractivity contribution in [3.63, 3.8) is 0 Å². The van der Waals surface area contributed by atoms with Gasteiger partial charge in [-0.15, -0.1) is 12.4 Å². The summed E-state index contributed by atoms with van der Waals surface area (Å²) in [7, 11) is 0. The van der Waals surface area contributed by atoms with Crippen LogP contribution in [0.2, 0.25) is 0 Å². The molecule has 1 aromatic heterocycles. The minimum atomic E-state index is 0. The van der Waals surface area contributed by atoms with E-state index in [-0.39, 0.29) is 18.0 Å². The van der Waals surface area contributed by atoms with Crippen molar-refractivity contribution >= 4 is 12.4 Å². The molecule has 3 aliphatic heterocycles. The Bertz CT molecular complexity index is 527. The molecule has 4 heterocycles. The van der Waals surface area contributed by atoms with Crippen LogP contribution >= 0.6 is 12.4 Å². The average Bonchev–Trinajstić information content (AvgIpc) is 2.40. The fourth-order valence-corrected chi connectivity index (χ4v) is 4.39. The molecule has 0 amide bonds. The van der Waals surface area contributed by atoms with E-state index in [1.807, 2.05) is 10.6 Å². The summed E-state index contributed by atoms with van der Waals surface area (Å²) in [5.41, 5.74) is 1.48. The van der Waals surface area contributed by atoms with Gasteiger partial charge in [0.2, 0.25) is 0 Å². The molecule has 2 saturated heterocycles. The Labute approximate surface area is 120 Å². The molecule has 0 saturated carbocycles. The van der Waals surface area contributed by atoms with Crippen LogP contribution in [-0.4, -0.2) is 28.6 Å². The highest BCUT2D eigenvalue weighted by Crippen LogP contribution is 2.41. The monoisotopic (exact) mass is 280 g/mol. The van der Waals surface area contributed by atoms with Gasteiger partial charge in [0.1, 0.15) is 0 Å². The quantitative estimate of drug-likeness (QED) is 0.728. The van der Waals surface area contributed by atoms with Crippen LogP contribution in [-0.2, 0) is 6.54 Å². The first-order chi connectivity index (χ1) is 8.83. The lowest BCUT2D eigenvalue weighted by molar-refractivity contribution is 0.0248. The summed E-state index contributed by atoms with van der Waals surface area (Å²) in [4.78, 5) is 14.7. The van der Waals surface area contributed by atoms with Crippen molar-refractivity contribution in [3.05, 3.63) is 34.2 Å². The van der Waals surface area contributed by atoms with Gasteiger partial charge in [-0.3, -0.25) is 9.69 Å². The van der Waals surface area contributed by atoms with Gasteiger partial charge in [0.05, 0.1) is 0 Å². The fraction of sp³-hybridized carbons (Fsp3) is 0.667. The van der Waals surface area contributed by atoms with Crippen LogP contribution in [0.4, 0.5) is 0 Å². The van der Waals surface area contributed by atoms with E-state index in [1.165, 1.54) is 44.5 Å². The van der Waals surface area contributed by atoms with E-state index >= 15 is 0 Å². The molecule has 3 aliphatic rings. The second kappa shape index (κ2) is 4.95. The topological polar surface area (TPSA) is 25.2 Å². The molecule has 0 aliphatic carbocycles. The predicted octanol–water partition coefficient (Wildman–Crippen LogP) is 2.24. The number of halogens is 1. The first kappa shape index (κ1) is 13.2. The maximum Gasteiger partial charge on any atom is 0.250 e. The zero-order chi connectivity index (χ0) is 12.1. The molecular weight excluding hydrogens is 260 g/mol. The zero-order valence-corrected chi connectivity index (χ0v) is 11.9. The first-order valence-corrected chi connectivity index (χ1v) is 7.27. The van der Waals surface area contributed by atoms with Gasteiger partial charge in [-0.25, -0.2) is 0 Å². The third kappa shape index (κ3) is 2.03. The van der Waals surface area contributed by atoms with E-state index in [0.717, 1.165) is 12.6 Å². The number of hydrogen-bond donors (Lipinski definition) is 0. The van der Waals surface area contributed by atoms with Gasteiger partial charge in [-0.1, -0.05) is 12.5 Å². The van der Waals surface area contributed by atoms with E-state index in [0.29, 0.717) is 11.8 Å². The van der Waals surface area contributed by atoms with E-state index < -0.39 is 0 Å². The standard InChI is InChI=1S/C15H20N2O.ClH/c18-15-6-3-5-14-11-8-12(10-17(14)15)13-4-1-2-7-16(13)9-11;/h3,5-6,11-13H,1-2,4,7-10H2;1H/t11-,12-,13-;/m1./s1. The molecule has 3 atom stereocenters. The molecule has 4 heteroatoms. The van der Waals surface area contributed by atoms with Crippen molar-refractivity contribution in [1.82, 2.24) is 9.47 Å². The molecule has 4 rings (SSSR count). The summed E-state index contributed by atoms with van der Waals surface area (Å²) < 4.78 is 2.05. The number of piperidine rings is 2. The molecule has 0 spiro atoms. The Balaban J connectivity index is 0.00000110. The molecule has 19 heavy (non-hydrogen) atoms. The number of fused-ring (bicyclic) bond motifs is 6. The predicted molar refractivity (Wildman–Crippen MR) is 78.0 cm³/mol. The summed E-state index contributed by atoms with van der Waals surface area (Å²) in [6.45, 7) is 3.39. The van der Waals surface area contributed by atoms with Crippen molar-refractivity contribution in [2.45, 2.75) is 44.2 Å². The molecular formula is C15H21ClN2O. The highest BCUT2D eigenvalue weighted by molar-refractivity contribution is 5.85. The van der Waals surface area contributed by atoms with Gasteiger partial charge in [-0.05, 0) is 37.8 Å². The highest BCUT2D eigenvalue weighted by atomic mass is 35.5. The number of nitrogens with zero attached hydrogens (tertiary/aromatic N) is 2. The van der Waals surface area contributed by atoms with Crippen LogP contribution in [0.15, 0.2) is 23.0 Å². The van der Waals surface area contributed by atoms with E-state index in [1.54, 1.807) is 6.07 Å². The summed E-state index contributed by atoms with van der Waals surface area (Å²) in [5, 5.41) is 0. The Kier molecular flexibility index (Phi) is 3.44. The molecule has 104 valence electrons. The van der Waals surface area contributed by atoms with Crippen LogP contribution in [0.3, 0.4) is 0 Å². The third-order valence-electron chi connectivity index (χ3n) is 5.17. The Morgan fingerprint density at radius 2 is 2.05 bits per heavy atom. The SMILES string of the molecule is Cl.O=c1cccc2n1C[C@H]1C[C@@H]2CN2CCCC[C@H]12. The minimum Gasteiger partial charge on any atom is -0.312 e.